The molecule has 0 saturated heterocycles. The van der Waals surface area contributed by atoms with Crippen molar-refractivity contribution in [3.8, 4) is 0 Å². The molecule has 0 heterocycles. The molecular weight excluding hydrogens is 194 g/mol. The van der Waals surface area contributed by atoms with E-state index in [0.29, 0.717) is 11.3 Å². The Balaban J connectivity index is 2.63. The standard InChI is InChI=1S/C15H27N/c1-5-14(13(2)9-8-12-16-4)15(3)10-6-7-11-15/h5,8,12-13,16H,6-7,9-11H2,1-4H3/b12-8+,14-5-. The molecule has 1 saturated carbocycles. The van der Waals surface area contributed by atoms with Crippen LogP contribution in [0.25, 0.3) is 0 Å². The van der Waals surface area contributed by atoms with Crippen molar-refractivity contribution in [2.45, 2.75) is 52.9 Å². The summed E-state index contributed by atoms with van der Waals surface area (Å²) < 4.78 is 0. The van der Waals surface area contributed by atoms with Crippen LogP contribution in [0.1, 0.15) is 52.9 Å². The van der Waals surface area contributed by atoms with Crippen molar-refractivity contribution < 1.29 is 0 Å². The molecule has 16 heavy (non-hydrogen) atoms. The molecule has 0 aromatic carbocycles. The Kier molecular flexibility index (Phi) is 5.11. The molecule has 1 atom stereocenters. The third-order valence-electron chi connectivity index (χ3n) is 4.02. The largest absolute Gasteiger partial charge is 0.394 e. The summed E-state index contributed by atoms with van der Waals surface area (Å²) in [7, 11) is 1.95. The molecule has 1 rings (SSSR count). The first-order valence-corrected chi connectivity index (χ1v) is 6.63. The maximum Gasteiger partial charge on any atom is 0.00276 e. The van der Waals surface area contributed by atoms with Gasteiger partial charge in [-0.25, -0.2) is 0 Å². The van der Waals surface area contributed by atoms with Crippen molar-refractivity contribution in [2.75, 3.05) is 7.05 Å². The minimum Gasteiger partial charge on any atom is -0.394 e. The van der Waals surface area contributed by atoms with Gasteiger partial charge >= 0.3 is 0 Å². The van der Waals surface area contributed by atoms with E-state index in [1.807, 2.05) is 13.2 Å². The Bertz CT molecular complexity index is 257. The Morgan fingerprint density at radius 3 is 2.50 bits per heavy atom. The van der Waals surface area contributed by atoms with Crippen LogP contribution in [0.3, 0.4) is 0 Å². The van der Waals surface area contributed by atoms with Gasteiger partial charge in [-0.05, 0) is 43.7 Å². The molecule has 1 aliphatic rings. The summed E-state index contributed by atoms with van der Waals surface area (Å²) in [6.07, 6.45) is 13.4. The fourth-order valence-corrected chi connectivity index (χ4v) is 3.19. The fourth-order valence-electron chi connectivity index (χ4n) is 3.19. The third-order valence-corrected chi connectivity index (χ3v) is 4.02. The second kappa shape index (κ2) is 6.12. The number of hydrogen-bond donors (Lipinski definition) is 1. The monoisotopic (exact) mass is 221 g/mol. The van der Waals surface area contributed by atoms with Gasteiger partial charge in [0.2, 0.25) is 0 Å². The molecule has 0 aromatic rings. The maximum atomic E-state index is 3.06. The summed E-state index contributed by atoms with van der Waals surface area (Å²) in [6.45, 7) is 7.02. The first-order chi connectivity index (χ1) is 7.64. The lowest BCUT2D eigenvalue weighted by Crippen LogP contribution is -2.19. The lowest BCUT2D eigenvalue weighted by atomic mass is 9.74. The van der Waals surface area contributed by atoms with E-state index in [-0.39, 0.29) is 0 Å². The average molecular weight is 221 g/mol. The van der Waals surface area contributed by atoms with E-state index in [9.17, 15) is 0 Å². The maximum absolute atomic E-state index is 3.06. The quantitative estimate of drug-likeness (QED) is 0.684. The van der Waals surface area contributed by atoms with Gasteiger partial charge in [-0.3, -0.25) is 0 Å². The highest BCUT2D eigenvalue weighted by Crippen LogP contribution is 2.46. The van der Waals surface area contributed by atoms with E-state index in [0.717, 1.165) is 6.42 Å². The van der Waals surface area contributed by atoms with Crippen LogP contribution in [-0.2, 0) is 0 Å². The van der Waals surface area contributed by atoms with Gasteiger partial charge in [-0.15, -0.1) is 0 Å². The number of nitrogens with one attached hydrogen (secondary N) is 1. The number of allylic oxidation sites excluding steroid dienone is 3. The number of rotatable bonds is 5. The third kappa shape index (κ3) is 3.13. The molecule has 1 heteroatoms. The van der Waals surface area contributed by atoms with E-state index in [1.165, 1.54) is 25.7 Å². The summed E-state index contributed by atoms with van der Waals surface area (Å²) >= 11 is 0. The van der Waals surface area contributed by atoms with E-state index in [4.69, 9.17) is 0 Å². The highest BCUT2D eigenvalue weighted by atomic mass is 14.8. The predicted octanol–water partition coefficient (Wildman–Crippen LogP) is 4.27. The summed E-state index contributed by atoms with van der Waals surface area (Å²) in [5.41, 5.74) is 2.16. The molecular formula is C15H27N. The van der Waals surface area contributed by atoms with Crippen molar-refractivity contribution in [2.24, 2.45) is 11.3 Å². The number of hydrogen-bond acceptors (Lipinski definition) is 1. The van der Waals surface area contributed by atoms with Crippen molar-refractivity contribution >= 4 is 0 Å². The molecule has 0 spiro atoms. The molecule has 0 aliphatic heterocycles. The Labute approximate surface area is 101 Å². The lowest BCUT2D eigenvalue weighted by Gasteiger charge is -2.31. The summed E-state index contributed by atoms with van der Waals surface area (Å²) in [6, 6.07) is 0. The Morgan fingerprint density at radius 2 is 2.00 bits per heavy atom. The van der Waals surface area contributed by atoms with Crippen LogP contribution >= 0.6 is 0 Å². The molecule has 0 bridgehead atoms. The first kappa shape index (κ1) is 13.3. The minimum absolute atomic E-state index is 0.488. The van der Waals surface area contributed by atoms with Gasteiger partial charge < -0.3 is 5.32 Å². The van der Waals surface area contributed by atoms with Crippen LogP contribution in [-0.4, -0.2) is 7.05 Å². The smallest absolute Gasteiger partial charge is 0.00276 e. The van der Waals surface area contributed by atoms with Gasteiger partial charge in [0.05, 0.1) is 0 Å². The van der Waals surface area contributed by atoms with Crippen LogP contribution in [0.5, 0.6) is 0 Å². The second-order valence-electron chi connectivity index (χ2n) is 5.34. The van der Waals surface area contributed by atoms with Crippen molar-refractivity contribution in [3.63, 3.8) is 0 Å². The molecule has 0 aromatic heterocycles. The molecule has 1 aliphatic carbocycles. The van der Waals surface area contributed by atoms with Crippen LogP contribution in [0, 0.1) is 11.3 Å². The van der Waals surface area contributed by atoms with Gasteiger partial charge in [0.25, 0.3) is 0 Å². The van der Waals surface area contributed by atoms with Gasteiger partial charge in [0.15, 0.2) is 0 Å². The van der Waals surface area contributed by atoms with E-state index < -0.39 is 0 Å². The zero-order valence-electron chi connectivity index (χ0n) is 11.3. The van der Waals surface area contributed by atoms with Gasteiger partial charge in [0, 0.05) is 7.05 Å². The SMILES string of the molecule is C/C=C(/C(C)C/C=C/NC)C1(C)CCCC1. The fraction of sp³-hybridized carbons (Fsp3) is 0.733. The molecule has 92 valence electrons. The second-order valence-corrected chi connectivity index (χ2v) is 5.34. The summed E-state index contributed by atoms with van der Waals surface area (Å²) in [4.78, 5) is 0. The Hall–Kier alpha value is -0.720. The van der Waals surface area contributed by atoms with E-state index in [1.54, 1.807) is 5.57 Å². The van der Waals surface area contributed by atoms with Crippen LogP contribution in [0.4, 0.5) is 0 Å². The van der Waals surface area contributed by atoms with Crippen LogP contribution in [0.2, 0.25) is 0 Å². The van der Waals surface area contributed by atoms with Gasteiger partial charge in [-0.2, -0.15) is 0 Å². The predicted molar refractivity (Wildman–Crippen MR) is 72.3 cm³/mol. The molecule has 1 nitrogen and oxygen atoms in total. The first-order valence-electron chi connectivity index (χ1n) is 6.63. The van der Waals surface area contributed by atoms with Gasteiger partial charge in [0.1, 0.15) is 0 Å². The normalized spacial score (nSPS) is 22.6. The Morgan fingerprint density at radius 1 is 1.38 bits per heavy atom. The zero-order valence-corrected chi connectivity index (χ0v) is 11.3. The summed E-state index contributed by atoms with van der Waals surface area (Å²) in [5, 5.41) is 3.06. The average Bonchev–Trinajstić information content (AvgIpc) is 2.67. The van der Waals surface area contributed by atoms with E-state index in [2.05, 4.69) is 38.2 Å². The highest BCUT2D eigenvalue weighted by molar-refractivity contribution is 5.18. The molecule has 0 amide bonds. The molecule has 1 N–H and O–H groups in total. The topological polar surface area (TPSA) is 12.0 Å². The van der Waals surface area contributed by atoms with E-state index >= 15 is 0 Å². The zero-order chi connectivity index (χ0) is 12.0. The van der Waals surface area contributed by atoms with Crippen molar-refractivity contribution in [3.05, 3.63) is 23.9 Å². The van der Waals surface area contributed by atoms with Crippen molar-refractivity contribution in [1.29, 1.82) is 0 Å². The van der Waals surface area contributed by atoms with Crippen LogP contribution in [0.15, 0.2) is 23.9 Å². The summed E-state index contributed by atoms with van der Waals surface area (Å²) in [5.74, 6) is 0.678. The van der Waals surface area contributed by atoms with Crippen molar-refractivity contribution in [1.82, 2.24) is 5.32 Å². The van der Waals surface area contributed by atoms with Gasteiger partial charge in [-0.1, -0.05) is 44.4 Å². The molecule has 1 fully saturated rings. The van der Waals surface area contributed by atoms with Crippen LogP contribution < -0.4 is 5.32 Å². The molecule has 0 radical (unpaired) electrons. The highest BCUT2D eigenvalue weighted by Gasteiger charge is 2.33. The lowest BCUT2D eigenvalue weighted by molar-refractivity contribution is 0.367. The minimum atomic E-state index is 0.488. The molecule has 1 unspecified atom stereocenters.